The van der Waals surface area contributed by atoms with Crippen molar-refractivity contribution in [2.24, 2.45) is 5.92 Å². The van der Waals surface area contributed by atoms with Crippen molar-refractivity contribution in [1.82, 2.24) is 9.78 Å². The maximum Gasteiger partial charge on any atom is 0.410 e. The molecule has 37 heavy (non-hydrogen) atoms. The first kappa shape index (κ1) is 25.6. The summed E-state index contributed by atoms with van der Waals surface area (Å²) in [7, 11) is 1.52. The topological polar surface area (TPSA) is 92.0 Å². The van der Waals surface area contributed by atoms with Gasteiger partial charge in [-0.05, 0) is 64.4 Å². The number of nitrogens with one attached hydrogen (secondary N) is 2. The third-order valence-corrected chi connectivity index (χ3v) is 8.80. The molecular formula is C25H23BrF3N5O2S. The number of ether oxygens (including phenoxy) is 1. The molecule has 0 saturated heterocycles. The zero-order valence-corrected chi connectivity index (χ0v) is 22.4. The fourth-order valence-corrected chi connectivity index (χ4v) is 6.82. The van der Waals surface area contributed by atoms with Crippen LogP contribution in [0.1, 0.15) is 63.9 Å². The Morgan fingerprint density at radius 2 is 2.08 bits per heavy atom. The van der Waals surface area contributed by atoms with Gasteiger partial charge in [-0.15, -0.1) is 11.3 Å². The highest BCUT2D eigenvalue weighted by atomic mass is 79.9. The number of anilines is 2. The van der Waals surface area contributed by atoms with Crippen molar-refractivity contribution in [2.45, 2.75) is 50.9 Å². The first-order valence-electron chi connectivity index (χ1n) is 11.7. The number of nitriles is 1. The lowest BCUT2D eigenvalue weighted by Crippen LogP contribution is -2.35. The fraction of sp³-hybridized carbons (Fsp3) is 0.400. The summed E-state index contributed by atoms with van der Waals surface area (Å²) in [5.41, 5.74) is 1.84. The quantitative estimate of drug-likeness (QED) is 0.354. The minimum Gasteiger partial charge on any atom is -0.497 e. The Hall–Kier alpha value is -3.04. The van der Waals surface area contributed by atoms with E-state index in [2.05, 4.69) is 44.7 Å². The third-order valence-electron chi connectivity index (χ3n) is 6.88. The van der Waals surface area contributed by atoms with Gasteiger partial charge in [-0.25, -0.2) is 4.68 Å². The normalized spacial score (nSPS) is 20.8. The standard InChI is InChI=1S/C25H23BrF3N5O2S/c1-12-3-8-15-16(11-30)24(37-18(15)9-12)32-23(35)21-20(26)22-31-17(13-4-6-14(36-2)7-5-13)10-19(25(27,28)29)34(22)33-21/h4-7,12,17,19,31H,3,8-10H2,1-2H3,(H,32,35)/t12-,17+,19+/m0/s1. The number of carbonyl (C=O) groups excluding carboxylic acids is 1. The number of nitrogens with zero attached hydrogens (tertiary/aromatic N) is 3. The fourth-order valence-electron chi connectivity index (χ4n) is 4.91. The first-order valence-corrected chi connectivity index (χ1v) is 13.3. The predicted octanol–water partition coefficient (Wildman–Crippen LogP) is 6.62. The molecule has 7 nitrogen and oxygen atoms in total. The Bertz CT molecular complexity index is 1390. The molecule has 3 atom stereocenters. The number of aromatic nitrogens is 2. The molecular weight excluding hydrogens is 571 g/mol. The van der Waals surface area contributed by atoms with Crippen LogP contribution in [0.3, 0.4) is 0 Å². The summed E-state index contributed by atoms with van der Waals surface area (Å²) in [5.74, 6) is 0.470. The largest absolute Gasteiger partial charge is 0.497 e. The molecule has 0 unspecified atom stereocenters. The van der Waals surface area contributed by atoms with Crippen LogP contribution >= 0.6 is 27.3 Å². The number of benzene rings is 1. The number of carbonyl (C=O) groups is 1. The van der Waals surface area contributed by atoms with Gasteiger partial charge in [0, 0.05) is 11.3 Å². The van der Waals surface area contributed by atoms with Crippen molar-refractivity contribution in [2.75, 3.05) is 17.7 Å². The van der Waals surface area contributed by atoms with Crippen LogP contribution in [-0.4, -0.2) is 29.0 Å². The zero-order valence-electron chi connectivity index (χ0n) is 19.9. The van der Waals surface area contributed by atoms with Gasteiger partial charge in [0.05, 0.1) is 23.2 Å². The molecule has 1 amide bonds. The van der Waals surface area contributed by atoms with E-state index in [1.54, 1.807) is 24.3 Å². The number of halogens is 4. The summed E-state index contributed by atoms with van der Waals surface area (Å²) in [4.78, 5) is 14.3. The monoisotopic (exact) mass is 593 g/mol. The molecule has 2 aliphatic rings. The molecule has 2 aromatic heterocycles. The van der Waals surface area contributed by atoms with Crippen molar-refractivity contribution >= 4 is 44.0 Å². The number of rotatable bonds is 4. The molecule has 0 radical (unpaired) electrons. The number of alkyl halides is 3. The van der Waals surface area contributed by atoms with E-state index >= 15 is 0 Å². The average Bonchev–Trinajstić information content (AvgIpc) is 3.39. The van der Waals surface area contributed by atoms with E-state index in [1.165, 1.54) is 18.4 Å². The molecule has 12 heteroatoms. The van der Waals surface area contributed by atoms with Gasteiger partial charge >= 0.3 is 6.18 Å². The lowest BCUT2D eigenvalue weighted by Gasteiger charge is -2.33. The molecule has 0 spiro atoms. The number of thiophene rings is 1. The van der Waals surface area contributed by atoms with Crippen molar-refractivity contribution in [3.8, 4) is 11.8 Å². The Labute approximate surface area is 223 Å². The molecule has 1 aromatic carbocycles. The van der Waals surface area contributed by atoms with Gasteiger partial charge in [-0.3, -0.25) is 4.79 Å². The van der Waals surface area contributed by atoms with Crippen LogP contribution in [0.4, 0.5) is 24.0 Å². The number of fused-ring (bicyclic) bond motifs is 2. The number of methoxy groups -OCH3 is 1. The van der Waals surface area contributed by atoms with Gasteiger partial charge in [0.25, 0.3) is 5.91 Å². The summed E-state index contributed by atoms with van der Waals surface area (Å²) < 4.78 is 48.5. The highest BCUT2D eigenvalue weighted by Gasteiger charge is 2.48. The Morgan fingerprint density at radius 1 is 1.35 bits per heavy atom. The van der Waals surface area contributed by atoms with E-state index in [0.29, 0.717) is 27.8 Å². The highest BCUT2D eigenvalue weighted by molar-refractivity contribution is 9.10. The van der Waals surface area contributed by atoms with Crippen LogP contribution in [0.15, 0.2) is 28.7 Å². The van der Waals surface area contributed by atoms with Gasteiger partial charge in [-0.1, -0.05) is 19.1 Å². The van der Waals surface area contributed by atoms with Gasteiger partial charge in [0.1, 0.15) is 22.6 Å². The molecule has 2 N–H and O–H groups in total. The number of hydrogen-bond donors (Lipinski definition) is 2. The minimum absolute atomic E-state index is 0.0688. The summed E-state index contributed by atoms with van der Waals surface area (Å²) in [6.07, 6.45) is -2.33. The van der Waals surface area contributed by atoms with Crippen molar-refractivity contribution in [3.63, 3.8) is 0 Å². The maximum atomic E-state index is 14.1. The van der Waals surface area contributed by atoms with Crippen molar-refractivity contribution < 1.29 is 22.7 Å². The highest BCUT2D eigenvalue weighted by Crippen LogP contribution is 2.47. The molecule has 1 aliphatic heterocycles. The molecule has 194 valence electrons. The molecule has 3 aromatic rings. The molecule has 0 bridgehead atoms. The molecule has 0 saturated carbocycles. The molecule has 5 rings (SSSR count). The van der Waals surface area contributed by atoms with Gasteiger partial charge in [0.2, 0.25) is 0 Å². The van der Waals surface area contributed by atoms with Crippen LogP contribution in [0.5, 0.6) is 5.75 Å². The smallest absolute Gasteiger partial charge is 0.410 e. The Morgan fingerprint density at radius 3 is 2.73 bits per heavy atom. The van der Waals surface area contributed by atoms with Crippen LogP contribution < -0.4 is 15.4 Å². The first-order chi connectivity index (χ1) is 17.6. The molecule has 3 heterocycles. The maximum absolute atomic E-state index is 14.1. The average molecular weight is 594 g/mol. The van der Waals surface area contributed by atoms with E-state index in [0.717, 1.165) is 34.4 Å². The summed E-state index contributed by atoms with van der Waals surface area (Å²) in [6.45, 7) is 2.14. The number of hydrogen-bond acceptors (Lipinski definition) is 6. The van der Waals surface area contributed by atoms with Crippen LogP contribution in [0.2, 0.25) is 0 Å². The lowest BCUT2D eigenvalue weighted by molar-refractivity contribution is -0.173. The summed E-state index contributed by atoms with van der Waals surface area (Å²) in [5, 5.41) is 20.1. The van der Waals surface area contributed by atoms with E-state index in [-0.39, 0.29) is 22.4 Å². The molecule has 1 aliphatic carbocycles. The third kappa shape index (κ3) is 4.70. The van der Waals surface area contributed by atoms with Crippen LogP contribution in [0.25, 0.3) is 0 Å². The second kappa shape index (κ2) is 9.68. The van der Waals surface area contributed by atoms with E-state index < -0.39 is 24.2 Å². The van der Waals surface area contributed by atoms with Crippen LogP contribution in [-0.2, 0) is 12.8 Å². The molecule has 0 fully saturated rings. The summed E-state index contributed by atoms with van der Waals surface area (Å²) >= 11 is 4.66. The number of amides is 1. The van der Waals surface area contributed by atoms with Crippen LogP contribution in [0, 0.1) is 17.2 Å². The van der Waals surface area contributed by atoms with E-state index in [1.807, 2.05) is 0 Å². The predicted molar refractivity (Wildman–Crippen MR) is 137 cm³/mol. The van der Waals surface area contributed by atoms with Crippen molar-refractivity contribution in [3.05, 3.63) is 56.0 Å². The second-order valence-corrected chi connectivity index (χ2v) is 11.2. The SMILES string of the molecule is COc1ccc([C@H]2C[C@H](C(F)(F)F)n3nc(C(=O)Nc4sc5c(c4C#N)CC[C@H](C)C5)c(Br)c3N2)cc1. The zero-order chi connectivity index (χ0) is 26.5. The van der Waals surface area contributed by atoms with Gasteiger partial charge in [-0.2, -0.15) is 23.5 Å². The van der Waals surface area contributed by atoms with Gasteiger partial charge < -0.3 is 15.4 Å². The lowest BCUT2D eigenvalue weighted by atomic mass is 9.89. The van der Waals surface area contributed by atoms with Gasteiger partial charge in [0.15, 0.2) is 11.7 Å². The summed E-state index contributed by atoms with van der Waals surface area (Å²) in [6, 6.07) is 6.39. The van der Waals surface area contributed by atoms with E-state index in [9.17, 15) is 23.2 Å². The van der Waals surface area contributed by atoms with E-state index in [4.69, 9.17) is 4.74 Å². The van der Waals surface area contributed by atoms with Crippen molar-refractivity contribution in [1.29, 1.82) is 5.26 Å². The Kier molecular flexibility index (Phi) is 6.70. The minimum atomic E-state index is -4.59. The Balaban J connectivity index is 1.47. The second-order valence-electron chi connectivity index (χ2n) is 9.34.